The number of aromatic nitrogens is 2. The van der Waals surface area contributed by atoms with Gasteiger partial charge in [-0.25, -0.2) is 4.98 Å². The molecule has 0 radical (unpaired) electrons. The maximum Gasteiger partial charge on any atom is 0.140 e. The SMILES string of the molecule is O=Nc1cccc(Nc2ccnc3[nH]c4ccccc4c23)c1. The lowest BCUT2D eigenvalue weighted by Crippen LogP contribution is -1.91. The van der Waals surface area contributed by atoms with E-state index < -0.39 is 0 Å². The standard InChI is InChI=1S/C17H12N4O/c22-21-12-5-3-4-11(10-12)19-15-8-9-18-17-16(15)13-6-1-2-7-14(13)20-17/h1-10H,(H2,18,19,20). The Hall–Kier alpha value is -3.21. The summed E-state index contributed by atoms with van der Waals surface area (Å²) in [5.74, 6) is 0. The molecule has 0 aliphatic carbocycles. The quantitative estimate of drug-likeness (QED) is 0.529. The minimum atomic E-state index is 0.397. The van der Waals surface area contributed by atoms with E-state index in [4.69, 9.17) is 0 Å². The number of nitrogens with zero attached hydrogens (tertiary/aromatic N) is 2. The van der Waals surface area contributed by atoms with Crippen LogP contribution in [0.3, 0.4) is 0 Å². The number of pyridine rings is 1. The molecule has 0 fully saturated rings. The van der Waals surface area contributed by atoms with Crippen molar-refractivity contribution in [1.29, 1.82) is 0 Å². The summed E-state index contributed by atoms with van der Waals surface area (Å²) in [5.41, 5.74) is 4.02. The van der Waals surface area contributed by atoms with Gasteiger partial charge in [0.2, 0.25) is 0 Å². The highest BCUT2D eigenvalue weighted by atomic mass is 16.3. The van der Waals surface area contributed by atoms with E-state index in [1.54, 1.807) is 24.4 Å². The fourth-order valence-corrected chi connectivity index (χ4v) is 2.67. The number of anilines is 2. The smallest absolute Gasteiger partial charge is 0.140 e. The van der Waals surface area contributed by atoms with Crippen LogP contribution in [0, 0.1) is 4.91 Å². The van der Waals surface area contributed by atoms with Crippen molar-refractivity contribution in [2.24, 2.45) is 5.18 Å². The van der Waals surface area contributed by atoms with Crippen molar-refractivity contribution in [3.8, 4) is 0 Å². The number of nitrogens with one attached hydrogen (secondary N) is 2. The average Bonchev–Trinajstić information content (AvgIpc) is 2.94. The Kier molecular flexibility index (Phi) is 2.83. The van der Waals surface area contributed by atoms with Gasteiger partial charge >= 0.3 is 0 Å². The molecule has 5 nitrogen and oxygen atoms in total. The van der Waals surface area contributed by atoms with Crippen LogP contribution in [-0.2, 0) is 0 Å². The van der Waals surface area contributed by atoms with Gasteiger partial charge in [-0.1, -0.05) is 24.3 Å². The molecular weight excluding hydrogens is 276 g/mol. The molecule has 0 saturated carbocycles. The maximum atomic E-state index is 10.7. The summed E-state index contributed by atoms with van der Waals surface area (Å²) in [4.78, 5) is 18.4. The Morgan fingerprint density at radius 1 is 1.05 bits per heavy atom. The molecule has 0 amide bonds. The van der Waals surface area contributed by atoms with Gasteiger partial charge in [0.15, 0.2) is 0 Å². The first-order valence-corrected chi connectivity index (χ1v) is 6.91. The molecule has 0 bridgehead atoms. The second-order valence-electron chi connectivity index (χ2n) is 5.02. The molecule has 0 atom stereocenters. The first kappa shape index (κ1) is 12.5. The van der Waals surface area contributed by atoms with Gasteiger partial charge in [-0.15, -0.1) is 4.91 Å². The van der Waals surface area contributed by atoms with Gasteiger partial charge in [0.05, 0.1) is 11.1 Å². The summed E-state index contributed by atoms with van der Waals surface area (Å²) in [7, 11) is 0. The number of aromatic amines is 1. The van der Waals surface area contributed by atoms with E-state index in [1.165, 1.54) is 0 Å². The van der Waals surface area contributed by atoms with E-state index in [9.17, 15) is 4.91 Å². The Morgan fingerprint density at radius 2 is 1.95 bits per heavy atom. The van der Waals surface area contributed by atoms with Gasteiger partial charge in [0, 0.05) is 22.8 Å². The van der Waals surface area contributed by atoms with Crippen LogP contribution in [0.5, 0.6) is 0 Å². The number of nitroso groups, excluding NO2 is 1. The molecule has 0 aliphatic rings. The van der Waals surface area contributed by atoms with Gasteiger partial charge in [-0.3, -0.25) is 0 Å². The average molecular weight is 288 g/mol. The van der Waals surface area contributed by atoms with Crippen molar-refractivity contribution in [2.45, 2.75) is 0 Å². The van der Waals surface area contributed by atoms with E-state index in [0.717, 1.165) is 33.3 Å². The van der Waals surface area contributed by atoms with Crippen LogP contribution < -0.4 is 5.32 Å². The molecule has 0 saturated heterocycles. The number of hydrogen-bond donors (Lipinski definition) is 2. The van der Waals surface area contributed by atoms with Crippen molar-refractivity contribution >= 4 is 39.0 Å². The number of para-hydroxylation sites is 1. The predicted octanol–water partition coefficient (Wildman–Crippen LogP) is 4.86. The highest BCUT2D eigenvalue weighted by Crippen LogP contribution is 2.32. The van der Waals surface area contributed by atoms with Crippen LogP contribution >= 0.6 is 0 Å². The van der Waals surface area contributed by atoms with Crippen LogP contribution in [0.4, 0.5) is 17.1 Å². The van der Waals surface area contributed by atoms with Crippen LogP contribution in [0.2, 0.25) is 0 Å². The molecule has 2 heterocycles. The van der Waals surface area contributed by atoms with Crippen molar-refractivity contribution in [3.63, 3.8) is 0 Å². The highest BCUT2D eigenvalue weighted by molar-refractivity contribution is 6.12. The van der Waals surface area contributed by atoms with Crippen LogP contribution in [-0.4, -0.2) is 9.97 Å². The summed E-state index contributed by atoms with van der Waals surface area (Å²) < 4.78 is 0. The fourth-order valence-electron chi connectivity index (χ4n) is 2.67. The summed E-state index contributed by atoms with van der Waals surface area (Å²) in [6, 6.07) is 17.1. The first-order valence-electron chi connectivity index (χ1n) is 6.91. The highest BCUT2D eigenvalue weighted by Gasteiger charge is 2.09. The van der Waals surface area contributed by atoms with Gasteiger partial charge in [-0.05, 0) is 35.5 Å². The second-order valence-corrected chi connectivity index (χ2v) is 5.02. The zero-order valence-corrected chi connectivity index (χ0v) is 11.6. The molecule has 0 aliphatic heterocycles. The molecule has 5 heteroatoms. The Balaban J connectivity index is 1.89. The third kappa shape index (κ3) is 2.00. The molecule has 0 spiro atoms. The second kappa shape index (κ2) is 4.96. The van der Waals surface area contributed by atoms with Crippen molar-refractivity contribution < 1.29 is 0 Å². The van der Waals surface area contributed by atoms with Gasteiger partial charge < -0.3 is 10.3 Å². The Labute approximate surface area is 126 Å². The van der Waals surface area contributed by atoms with Crippen molar-refractivity contribution in [2.75, 3.05) is 5.32 Å². The topological polar surface area (TPSA) is 70.1 Å². The zero-order valence-electron chi connectivity index (χ0n) is 11.6. The third-order valence-electron chi connectivity index (χ3n) is 3.63. The van der Waals surface area contributed by atoms with E-state index in [-0.39, 0.29) is 0 Å². The predicted molar refractivity (Wildman–Crippen MR) is 88.8 cm³/mol. The van der Waals surface area contributed by atoms with E-state index in [2.05, 4.69) is 26.5 Å². The minimum absolute atomic E-state index is 0.397. The molecule has 0 unspecified atom stereocenters. The van der Waals surface area contributed by atoms with Crippen molar-refractivity contribution in [1.82, 2.24) is 9.97 Å². The molecular formula is C17H12N4O. The van der Waals surface area contributed by atoms with Crippen molar-refractivity contribution in [3.05, 3.63) is 65.7 Å². The molecule has 22 heavy (non-hydrogen) atoms. The largest absolute Gasteiger partial charge is 0.355 e. The zero-order chi connectivity index (χ0) is 14.9. The number of benzene rings is 2. The summed E-state index contributed by atoms with van der Waals surface area (Å²) in [6.07, 6.45) is 1.75. The lowest BCUT2D eigenvalue weighted by Gasteiger charge is -2.08. The van der Waals surface area contributed by atoms with Gasteiger partial charge in [-0.2, -0.15) is 0 Å². The first-order chi connectivity index (χ1) is 10.8. The minimum Gasteiger partial charge on any atom is -0.355 e. The fraction of sp³-hybridized carbons (Fsp3) is 0. The summed E-state index contributed by atoms with van der Waals surface area (Å²) in [6.45, 7) is 0. The van der Waals surface area contributed by atoms with E-state index in [1.807, 2.05) is 30.3 Å². The normalized spacial score (nSPS) is 10.9. The van der Waals surface area contributed by atoms with E-state index in [0.29, 0.717) is 5.69 Å². The molecule has 2 N–H and O–H groups in total. The molecule has 4 rings (SSSR count). The Morgan fingerprint density at radius 3 is 2.86 bits per heavy atom. The number of rotatable bonds is 3. The monoisotopic (exact) mass is 288 g/mol. The number of fused-ring (bicyclic) bond motifs is 3. The Bertz CT molecular complexity index is 990. The number of H-pyrrole nitrogens is 1. The van der Waals surface area contributed by atoms with Crippen LogP contribution in [0.1, 0.15) is 0 Å². The molecule has 106 valence electrons. The number of hydrogen-bond acceptors (Lipinski definition) is 4. The van der Waals surface area contributed by atoms with Gasteiger partial charge in [0.1, 0.15) is 11.3 Å². The lowest BCUT2D eigenvalue weighted by molar-refractivity contribution is 1.34. The third-order valence-corrected chi connectivity index (χ3v) is 3.63. The van der Waals surface area contributed by atoms with Crippen LogP contribution in [0.15, 0.2) is 66.0 Å². The molecule has 2 aromatic heterocycles. The summed E-state index contributed by atoms with van der Waals surface area (Å²) >= 11 is 0. The summed E-state index contributed by atoms with van der Waals surface area (Å²) in [5, 5.41) is 8.45. The maximum absolute atomic E-state index is 10.7. The van der Waals surface area contributed by atoms with Crippen LogP contribution in [0.25, 0.3) is 21.9 Å². The molecule has 2 aromatic carbocycles. The lowest BCUT2D eigenvalue weighted by atomic mass is 10.1. The molecule has 4 aromatic rings. The van der Waals surface area contributed by atoms with Gasteiger partial charge in [0.25, 0.3) is 0 Å². The van der Waals surface area contributed by atoms with E-state index >= 15 is 0 Å².